The molecule has 14 heterocycles. The lowest BCUT2D eigenvalue weighted by Crippen LogP contribution is -2.47. The number of rotatable bonds is 18. The zero-order valence-corrected chi connectivity index (χ0v) is 95.2. The van der Waals surface area contributed by atoms with Crippen LogP contribution in [0, 0.1) is 0 Å². The molecule has 10 aromatic carbocycles. The van der Waals surface area contributed by atoms with Crippen molar-refractivity contribution in [2.24, 2.45) is 0 Å². The SMILES string of the molecule is Cl.O=C(Cl)CCl.O=C1Cc2cc(C(=O)CCl)c(Cl)cc2N1.O=C1Cc2cc(CCCl)c(Cl)cc2N1.O=C1Cc2cc(CCN3CCN(c4nsc5ccccc45)CC3)c(Cl)cc2N1.O=C1Cc2cc(CCN3CCN(c4nsc5ccccc45)CC3)c(Cl)cc2N1.O=C1Cc2cc(CCN3CCN(c4nsc5ccccc45)CC3)c(Cl)cc2N1.O=C1Cc2ccc(Cl)cc2N1.[Cl][Al]([Cl])[Cl].c1ccc2c(N3CCNCC3)nsc2c1. The van der Waals surface area contributed by atoms with Gasteiger partial charge in [0.2, 0.25) is 40.7 Å². The Bertz CT molecular complexity index is 6800. The van der Waals surface area contributed by atoms with Gasteiger partial charge in [-0.2, -0.15) is 17.5 Å². The second-order valence-electron chi connectivity index (χ2n) is 35.8. The molecular formula is C104H101AlCl14N18O8S4. The summed E-state index contributed by atoms with van der Waals surface area (Å²) in [6.07, 6.45) is 6.03. The lowest BCUT2D eigenvalue weighted by molar-refractivity contribution is -0.115. The van der Waals surface area contributed by atoms with E-state index >= 15 is 0 Å². The number of aromatic nitrogens is 4. The van der Waals surface area contributed by atoms with Crippen molar-refractivity contribution in [3.8, 4) is 0 Å². The van der Waals surface area contributed by atoms with E-state index in [1.54, 1.807) is 76.5 Å². The van der Waals surface area contributed by atoms with Gasteiger partial charge < -0.3 is 56.8 Å². The number of nitrogens with one attached hydrogen (secondary N) is 7. The molecule has 24 rings (SSSR count). The van der Waals surface area contributed by atoms with Crippen molar-refractivity contribution in [2.75, 3.05) is 193 Å². The van der Waals surface area contributed by atoms with Crippen LogP contribution < -0.4 is 56.8 Å². The molecule has 780 valence electrons. The normalized spacial score (nSPS) is 15.6. The van der Waals surface area contributed by atoms with Crippen LogP contribution in [0.5, 0.6) is 0 Å². The highest BCUT2D eigenvalue weighted by atomic mass is 35.8. The maximum absolute atomic E-state index is 11.6. The topological polar surface area (TPSA) is 295 Å². The lowest BCUT2D eigenvalue weighted by Gasteiger charge is -2.35. The summed E-state index contributed by atoms with van der Waals surface area (Å²) in [7, 11) is 14.8. The summed E-state index contributed by atoms with van der Waals surface area (Å²) in [5, 5.41) is 28.5. The second-order valence-corrected chi connectivity index (χ2v) is 49.2. The molecule has 6 amide bonds. The summed E-state index contributed by atoms with van der Waals surface area (Å²) in [6, 6.07) is 58.1. The molecule has 0 atom stereocenters. The Morgan fingerprint density at radius 2 is 0.584 bits per heavy atom. The molecule has 0 saturated carbocycles. The number of halogens is 14. The van der Waals surface area contributed by atoms with E-state index in [-0.39, 0.29) is 71.8 Å². The van der Waals surface area contributed by atoms with E-state index in [2.05, 4.69) is 204 Å². The van der Waals surface area contributed by atoms with Crippen LogP contribution in [0.25, 0.3) is 40.3 Å². The highest BCUT2D eigenvalue weighted by Gasteiger charge is 2.31. The minimum Gasteiger partial charge on any atom is -0.353 e. The van der Waals surface area contributed by atoms with E-state index in [1.165, 1.54) is 40.3 Å². The van der Waals surface area contributed by atoms with Crippen LogP contribution in [0.15, 0.2) is 176 Å². The summed E-state index contributed by atoms with van der Waals surface area (Å²) in [6.45, 7) is 19.3. The van der Waals surface area contributed by atoms with Gasteiger partial charge in [0.25, 0.3) is 0 Å². The molecule has 0 bridgehead atoms. The van der Waals surface area contributed by atoms with E-state index in [0.29, 0.717) is 64.3 Å². The Labute approximate surface area is 951 Å². The van der Waals surface area contributed by atoms with Crippen LogP contribution >= 0.6 is 205 Å². The van der Waals surface area contributed by atoms with Crippen LogP contribution in [0.3, 0.4) is 0 Å². The molecule has 10 aliphatic heterocycles. The third-order valence-corrected chi connectivity index (χ3v) is 32.1. The molecule has 0 unspecified atom stereocenters. The number of aryl methyl sites for hydroxylation is 1. The zero-order chi connectivity index (χ0) is 104. The molecule has 4 fully saturated rings. The van der Waals surface area contributed by atoms with E-state index in [1.807, 2.05) is 30.3 Å². The minimum absolute atomic E-state index is 0. The van der Waals surface area contributed by atoms with Gasteiger partial charge in [-0.25, -0.2) is 30.1 Å². The Balaban J connectivity index is 0.000000131. The predicted octanol–water partition coefficient (Wildman–Crippen LogP) is 22.9. The van der Waals surface area contributed by atoms with Crippen molar-refractivity contribution in [2.45, 2.75) is 64.2 Å². The molecule has 45 heteroatoms. The van der Waals surface area contributed by atoms with E-state index in [0.717, 1.165) is 272 Å². The first-order valence-corrected chi connectivity index (χ1v) is 60.3. The number of ketones is 1. The van der Waals surface area contributed by atoms with Crippen molar-refractivity contribution in [1.29, 1.82) is 0 Å². The standard InChI is InChI=1S/3C21H21ClN4OS.C11H13N3S.C10H7Cl2NO2.C10H9Cl2NO.C8H6ClNO.C2H2Cl2O.Al.4ClH/c3*22-17-13-18-15(12-20(27)23-18)11-14(17)5-6-25-7-9-26(10-8-25)21-16-3-1-2-4-19(16)28-24-21;1-2-4-10-9(3-1)11(13-15-10)14-7-5-12-6-8-14;11-4-9(14)6-1-5-2-10(15)13-8(5)3-7(6)12;11-2-1-6-3-7-4-10(14)13-9(7)5-8(6)12;9-6-2-1-5-3-8(11)10-7(5)4-6;3-1-2(4)5;;;;;/h3*1-4,11,13H,5-10,12H2,(H,23,27);1-4,12H,5-8H2;1,3H,2,4H2,(H,13,15);3,5H,1-2,4H2,(H,13,14);1-2,4H,3H2,(H,10,11);1H2;;4*1H/q;;;;;;;;+3;;;;/p-3. The van der Waals surface area contributed by atoms with Gasteiger partial charge in [-0.3, -0.25) is 53.1 Å². The van der Waals surface area contributed by atoms with Gasteiger partial charge in [0.05, 0.1) is 74.1 Å². The smallest absolute Gasteiger partial charge is 0.353 e. The summed E-state index contributed by atoms with van der Waals surface area (Å²) >= 11 is 62.2. The third kappa shape index (κ3) is 30.9. The third-order valence-electron chi connectivity index (χ3n) is 26.0. The molecular weight excluding hydrogens is 2280 g/mol. The van der Waals surface area contributed by atoms with E-state index in [4.69, 9.17) is 146 Å². The average molecular weight is 2380 g/mol. The number of nitrogens with zero attached hydrogens (tertiary/aromatic N) is 11. The second kappa shape index (κ2) is 55.1. The molecule has 149 heavy (non-hydrogen) atoms. The molecule has 4 aromatic heterocycles. The van der Waals surface area contributed by atoms with Gasteiger partial charge in [-0.1, -0.05) is 148 Å². The number of fused-ring (bicyclic) bond motifs is 10. The molecule has 26 nitrogen and oxygen atoms in total. The summed E-state index contributed by atoms with van der Waals surface area (Å²) in [5.74, 6) is 4.77. The highest BCUT2D eigenvalue weighted by molar-refractivity contribution is 7.54. The quantitative estimate of drug-likeness (QED) is 0.0182. The maximum Gasteiger partial charge on any atom is 0.643 e. The number of carbonyl (C=O) groups excluding carboxylic acids is 8. The van der Waals surface area contributed by atoms with Crippen molar-refractivity contribution in [3.63, 3.8) is 0 Å². The van der Waals surface area contributed by atoms with Crippen LogP contribution in [0.2, 0.25) is 30.1 Å². The number of carbonyl (C=O) groups is 8. The number of Topliss-reactive ketones (excluding diaryl/α,β-unsaturated/α-hetero) is 1. The van der Waals surface area contributed by atoms with Crippen molar-refractivity contribution in [3.05, 3.63) is 267 Å². The molecule has 4 saturated heterocycles. The Morgan fingerprint density at radius 3 is 0.872 bits per heavy atom. The molecule has 10 aliphatic rings. The number of hydrogen-bond acceptors (Lipinski definition) is 24. The first-order valence-electron chi connectivity index (χ1n) is 47.8. The highest BCUT2D eigenvalue weighted by Crippen LogP contribution is 2.40. The minimum atomic E-state index is -1.72. The van der Waals surface area contributed by atoms with Crippen LogP contribution in [-0.4, -0.2) is 232 Å². The molecule has 0 aliphatic carbocycles. The fourth-order valence-electron chi connectivity index (χ4n) is 18.4. The van der Waals surface area contributed by atoms with Crippen molar-refractivity contribution < 1.29 is 38.4 Å². The van der Waals surface area contributed by atoms with Crippen molar-refractivity contribution in [1.82, 2.24) is 37.5 Å². The largest absolute Gasteiger partial charge is 0.643 e. The summed E-state index contributed by atoms with van der Waals surface area (Å²) in [5.41, 5.74) is 15.7. The van der Waals surface area contributed by atoms with Gasteiger partial charge in [0, 0.05) is 217 Å². The Morgan fingerprint density at radius 1 is 0.322 bits per heavy atom. The van der Waals surface area contributed by atoms with Crippen molar-refractivity contribution >= 4 is 360 Å². The fraction of sp³-hybridized carbons (Fsp3) is 0.308. The monoisotopic (exact) mass is 2370 g/mol. The summed E-state index contributed by atoms with van der Waals surface area (Å²) in [4.78, 5) is 106. The van der Waals surface area contributed by atoms with Gasteiger partial charge >= 0.3 is 11.4 Å². The molecule has 14 aromatic rings. The number of alkyl halides is 3. The lowest BCUT2D eigenvalue weighted by atomic mass is 10.1. The molecule has 0 radical (unpaired) electrons. The zero-order valence-electron chi connectivity index (χ0n) is 80.1. The fourth-order valence-corrected chi connectivity index (χ4v) is 23.5. The van der Waals surface area contributed by atoms with E-state index < -0.39 is 16.6 Å². The van der Waals surface area contributed by atoms with Gasteiger partial charge in [0.1, 0.15) is 23.3 Å². The molecule has 7 N–H and O–H groups in total. The number of benzene rings is 10. The molecule has 0 spiro atoms. The first kappa shape index (κ1) is 115. The number of amides is 6. The number of hydrogen-bond donors (Lipinski definition) is 7. The predicted molar refractivity (Wildman–Crippen MR) is 625 cm³/mol. The van der Waals surface area contributed by atoms with Crippen LogP contribution in [-0.2, 0) is 97.8 Å². The Kier molecular flexibility index (Phi) is 42.4. The average Bonchev–Trinajstić information content (AvgIpc) is 1.67. The summed E-state index contributed by atoms with van der Waals surface area (Å²) < 4.78 is 23.7. The first-order chi connectivity index (χ1) is 71.5. The van der Waals surface area contributed by atoms with Crippen LogP contribution in [0.1, 0.15) is 66.0 Å². The van der Waals surface area contributed by atoms with Gasteiger partial charge in [-0.05, 0) is 236 Å². The maximum atomic E-state index is 11.6. The number of piperazine rings is 4. The van der Waals surface area contributed by atoms with Gasteiger partial charge in [-0.15, -0.1) is 47.2 Å². The van der Waals surface area contributed by atoms with Crippen LogP contribution in [0.4, 0.5) is 57.4 Å². The van der Waals surface area contributed by atoms with E-state index in [9.17, 15) is 38.4 Å². The van der Waals surface area contributed by atoms with Gasteiger partial charge in [0.15, 0.2) is 5.78 Å². The number of anilines is 10. The Hall–Kier alpha value is -8.45.